The zero-order chi connectivity index (χ0) is 12.3. The summed E-state index contributed by atoms with van der Waals surface area (Å²) in [5, 5.41) is 0.614. The average molecular weight is 250 g/mol. The Morgan fingerprint density at radius 1 is 1.53 bits per heavy atom. The van der Waals surface area contributed by atoms with Crippen LogP contribution in [0.3, 0.4) is 0 Å². The van der Waals surface area contributed by atoms with Gasteiger partial charge in [0.2, 0.25) is 0 Å². The molecule has 17 heavy (non-hydrogen) atoms. The molecule has 1 fully saturated rings. The molecule has 0 atom stereocenters. The van der Waals surface area contributed by atoms with Gasteiger partial charge in [-0.05, 0) is 30.9 Å². The van der Waals surface area contributed by atoms with Crippen molar-refractivity contribution in [3.63, 3.8) is 0 Å². The van der Waals surface area contributed by atoms with E-state index in [2.05, 4.69) is 15.8 Å². The highest BCUT2D eigenvalue weighted by Gasteiger charge is 2.24. The third-order valence-corrected chi connectivity index (χ3v) is 3.22. The van der Waals surface area contributed by atoms with Crippen LogP contribution in [0.2, 0.25) is 5.02 Å². The number of hydrogen-bond acceptors (Lipinski definition) is 3. The third kappa shape index (κ3) is 3.12. The highest BCUT2D eigenvalue weighted by Crippen LogP contribution is 2.31. The second-order valence-electron chi connectivity index (χ2n) is 4.33. The van der Waals surface area contributed by atoms with E-state index >= 15 is 0 Å². The zero-order valence-electron chi connectivity index (χ0n) is 9.69. The summed E-state index contributed by atoms with van der Waals surface area (Å²) in [6.45, 7) is 1.90. The van der Waals surface area contributed by atoms with Gasteiger partial charge < -0.3 is 10.6 Å². The molecule has 0 radical (unpaired) electrons. The van der Waals surface area contributed by atoms with E-state index in [-0.39, 0.29) is 0 Å². The number of hydrogen-bond donors (Lipinski definition) is 1. The number of nitrogens with zero attached hydrogens (tertiary/aromatic N) is 2. The van der Waals surface area contributed by atoms with Gasteiger partial charge in [0.25, 0.3) is 0 Å². The fraction of sp³-hybridized carbons (Fsp3) is 0.462. The minimum Gasteiger partial charge on any atom is -0.345 e. The van der Waals surface area contributed by atoms with Crippen LogP contribution in [0.25, 0.3) is 0 Å². The Hall–Kier alpha value is -1.24. The second-order valence-corrected chi connectivity index (χ2v) is 4.74. The van der Waals surface area contributed by atoms with Crippen LogP contribution in [0.1, 0.15) is 18.5 Å². The SMILES string of the molecule is C#CCN(CC1CC1)c1ccc(Cl)c(CN)n1. The lowest BCUT2D eigenvalue weighted by atomic mass is 10.3. The van der Waals surface area contributed by atoms with Crippen molar-refractivity contribution in [2.75, 3.05) is 18.0 Å². The summed E-state index contributed by atoms with van der Waals surface area (Å²) in [7, 11) is 0. The van der Waals surface area contributed by atoms with Crippen LogP contribution in [0.15, 0.2) is 12.1 Å². The Morgan fingerprint density at radius 3 is 2.88 bits per heavy atom. The topological polar surface area (TPSA) is 42.1 Å². The van der Waals surface area contributed by atoms with Crippen molar-refractivity contribution in [1.82, 2.24) is 4.98 Å². The van der Waals surface area contributed by atoms with E-state index in [9.17, 15) is 0 Å². The van der Waals surface area contributed by atoms with Crippen molar-refractivity contribution in [2.24, 2.45) is 11.7 Å². The molecule has 1 aromatic rings. The molecule has 90 valence electrons. The monoisotopic (exact) mass is 249 g/mol. The number of halogens is 1. The minimum absolute atomic E-state index is 0.347. The smallest absolute Gasteiger partial charge is 0.129 e. The first-order chi connectivity index (χ1) is 8.24. The van der Waals surface area contributed by atoms with Crippen LogP contribution in [-0.2, 0) is 6.54 Å². The first-order valence-electron chi connectivity index (χ1n) is 5.78. The first-order valence-corrected chi connectivity index (χ1v) is 6.16. The molecule has 0 saturated heterocycles. The van der Waals surface area contributed by atoms with Gasteiger partial charge in [0, 0.05) is 13.1 Å². The van der Waals surface area contributed by atoms with E-state index in [4.69, 9.17) is 23.8 Å². The molecule has 0 unspecified atom stereocenters. The Balaban J connectivity index is 2.18. The molecular formula is C13H16ClN3. The summed E-state index contributed by atoms with van der Waals surface area (Å²) < 4.78 is 0. The van der Waals surface area contributed by atoms with E-state index < -0.39 is 0 Å². The van der Waals surface area contributed by atoms with Crippen LogP contribution >= 0.6 is 11.6 Å². The lowest BCUT2D eigenvalue weighted by Gasteiger charge is -2.21. The molecule has 3 nitrogen and oxygen atoms in total. The standard InChI is InChI=1S/C13H16ClN3/c1-2-7-17(9-10-3-4-10)13-6-5-11(14)12(8-15)16-13/h1,5-6,10H,3-4,7-9,15H2. The molecule has 2 rings (SSSR count). The van der Waals surface area contributed by atoms with Crippen molar-refractivity contribution in [1.29, 1.82) is 0 Å². The Morgan fingerprint density at radius 2 is 2.29 bits per heavy atom. The van der Waals surface area contributed by atoms with Gasteiger partial charge in [-0.1, -0.05) is 17.5 Å². The fourth-order valence-corrected chi connectivity index (χ4v) is 1.94. The molecule has 4 heteroatoms. The summed E-state index contributed by atoms with van der Waals surface area (Å²) >= 11 is 5.99. The molecule has 1 saturated carbocycles. The van der Waals surface area contributed by atoms with Crippen molar-refractivity contribution >= 4 is 17.4 Å². The number of terminal acetylenes is 1. The molecule has 0 aromatic carbocycles. The number of pyridine rings is 1. The molecule has 0 amide bonds. The highest BCUT2D eigenvalue weighted by molar-refractivity contribution is 6.31. The summed E-state index contributed by atoms with van der Waals surface area (Å²) in [4.78, 5) is 6.58. The average Bonchev–Trinajstić information content (AvgIpc) is 3.13. The molecule has 0 aliphatic heterocycles. The van der Waals surface area contributed by atoms with Crippen LogP contribution in [0, 0.1) is 18.3 Å². The predicted octanol–water partition coefficient (Wildman–Crippen LogP) is 2.04. The third-order valence-electron chi connectivity index (χ3n) is 2.88. The molecule has 1 aromatic heterocycles. The summed E-state index contributed by atoms with van der Waals surface area (Å²) in [5.74, 6) is 4.31. The minimum atomic E-state index is 0.347. The van der Waals surface area contributed by atoms with Gasteiger partial charge in [-0.15, -0.1) is 6.42 Å². The number of rotatable bonds is 5. The Labute approximate surface area is 107 Å². The predicted molar refractivity (Wildman–Crippen MR) is 70.9 cm³/mol. The van der Waals surface area contributed by atoms with E-state index in [1.807, 2.05) is 12.1 Å². The lowest BCUT2D eigenvalue weighted by Crippen LogP contribution is -2.27. The van der Waals surface area contributed by atoms with E-state index in [1.165, 1.54) is 12.8 Å². The summed E-state index contributed by atoms with van der Waals surface area (Å²) in [6.07, 6.45) is 7.97. The van der Waals surface area contributed by atoms with Crippen molar-refractivity contribution in [3.8, 4) is 12.3 Å². The number of aromatic nitrogens is 1. The quantitative estimate of drug-likeness (QED) is 0.812. The molecular weight excluding hydrogens is 234 g/mol. The van der Waals surface area contributed by atoms with Gasteiger partial charge >= 0.3 is 0 Å². The van der Waals surface area contributed by atoms with E-state index in [0.717, 1.165) is 24.0 Å². The molecule has 2 N–H and O–H groups in total. The molecule has 0 spiro atoms. The van der Waals surface area contributed by atoms with Crippen molar-refractivity contribution in [2.45, 2.75) is 19.4 Å². The van der Waals surface area contributed by atoms with Gasteiger partial charge in [-0.2, -0.15) is 0 Å². The molecule has 1 aliphatic rings. The van der Waals surface area contributed by atoms with Gasteiger partial charge in [-0.25, -0.2) is 4.98 Å². The summed E-state index contributed by atoms with van der Waals surface area (Å²) in [6, 6.07) is 3.74. The van der Waals surface area contributed by atoms with E-state index in [1.54, 1.807) is 0 Å². The highest BCUT2D eigenvalue weighted by atomic mass is 35.5. The summed E-state index contributed by atoms with van der Waals surface area (Å²) in [5.41, 5.74) is 6.33. The number of anilines is 1. The van der Waals surface area contributed by atoms with Gasteiger partial charge in [0.15, 0.2) is 0 Å². The maximum atomic E-state index is 5.99. The van der Waals surface area contributed by atoms with Crippen LogP contribution in [-0.4, -0.2) is 18.1 Å². The zero-order valence-corrected chi connectivity index (χ0v) is 10.5. The van der Waals surface area contributed by atoms with Crippen LogP contribution in [0.5, 0.6) is 0 Å². The maximum Gasteiger partial charge on any atom is 0.129 e. The van der Waals surface area contributed by atoms with Crippen LogP contribution < -0.4 is 10.6 Å². The first kappa shape index (κ1) is 12.2. The van der Waals surface area contributed by atoms with Gasteiger partial charge in [0.1, 0.15) is 5.82 Å². The van der Waals surface area contributed by atoms with Crippen molar-refractivity contribution < 1.29 is 0 Å². The lowest BCUT2D eigenvalue weighted by molar-refractivity contribution is 0.751. The number of nitrogens with two attached hydrogens (primary N) is 1. The molecule has 1 heterocycles. The van der Waals surface area contributed by atoms with Gasteiger partial charge in [0.05, 0.1) is 17.3 Å². The molecule has 0 bridgehead atoms. The largest absolute Gasteiger partial charge is 0.345 e. The van der Waals surface area contributed by atoms with Crippen LogP contribution in [0.4, 0.5) is 5.82 Å². The Bertz CT molecular complexity index is 435. The molecule has 1 aliphatic carbocycles. The van der Waals surface area contributed by atoms with Gasteiger partial charge in [-0.3, -0.25) is 0 Å². The van der Waals surface area contributed by atoms with Crippen molar-refractivity contribution in [3.05, 3.63) is 22.8 Å². The maximum absolute atomic E-state index is 5.99. The fourth-order valence-electron chi connectivity index (χ4n) is 1.75. The normalized spacial score (nSPS) is 14.4. The van der Waals surface area contributed by atoms with E-state index in [0.29, 0.717) is 18.1 Å². The second kappa shape index (κ2) is 5.39. The Kier molecular flexibility index (Phi) is 3.88.